The Morgan fingerprint density at radius 2 is 1.73 bits per heavy atom. The molecule has 0 aliphatic rings. The monoisotopic (exact) mass is 361 g/mol. The van der Waals surface area contributed by atoms with Gasteiger partial charge in [0.2, 0.25) is 5.82 Å². The Morgan fingerprint density at radius 1 is 1.08 bits per heavy atom. The molecule has 0 fully saturated rings. The van der Waals surface area contributed by atoms with Crippen LogP contribution in [-0.4, -0.2) is 16.0 Å². The highest BCUT2D eigenvalue weighted by atomic mass is 19.4. The van der Waals surface area contributed by atoms with Crippen molar-refractivity contribution in [1.29, 1.82) is 0 Å². The van der Waals surface area contributed by atoms with E-state index in [1.807, 2.05) is 37.3 Å². The lowest BCUT2D eigenvalue weighted by molar-refractivity contribution is -0.159. The van der Waals surface area contributed by atoms with Gasteiger partial charge in [-0.3, -0.25) is 4.79 Å². The van der Waals surface area contributed by atoms with E-state index in [0.717, 1.165) is 5.56 Å². The third-order valence-electron chi connectivity index (χ3n) is 3.72. The molecular weight excluding hydrogens is 347 g/mol. The van der Waals surface area contributed by atoms with Gasteiger partial charge in [0.05, 0.1) is 6.04 Å². The van der Waals surface area contributed by atoms with Crippen LogP contribution in [0.4, 0.5) is 13.2 Å². The van der Waals surface area contributed by atoms with Gasteiger partial charge in [0.25, 0.3) is 5.91 Å². The lowest BCUT2D eigenvalue weighted by Crippen LogP contribution is -2.26. The van der Waals surface area contributed by atoms with Crippen molar-refractivity contribution in [3.05, 3.63) is 71.6 Å². The van der Waals surface area contributed by atoms with E-state index in [1.165, 1.54) is 24.3 Å². The van der Waals surface area contributed by atoms with Crippen molar-refractivity contribution >= 4 is 5.91 Å². The van der Waals surface area contributed by atoms with E-state index in [-0.39, 0.29) is 17.8 Å². The first kappa shape index (κ1) is 17.7. The largest absolute Gasteiger partial charge is 0.471 e. The van der Waals surface area contributed by atoms with Crippen molar-refractivity contribution in [2.45, 2.75) is 19.1 Å². The third kappa shape index (κ3) is 3.90. The summed E-state index contributed by atoms with van der Waals surface area (Å²) >= 11 is 0. The minimum atomic E-state index is -4.70. The van der Waals surface area contributed by atoms with E-state index in [1.54, 1.807) is 0 Å². The SMILES string of the molecule is CC(NC(=O)c1ccc(-c2noc(C(F)(F)F)n2)cc1)c1ccccc1. The summed E-state index contributed by atoms with van der Waals surface area (Å²) in [5, 5.41) is 6.17. The molecule has 3 aromatic rings. The molecule has 3 rings (SSSR count). The molecule has 1 amide bonds. The molecule has 5 nitrogen and oxygen atoms in total. The third-order valence-corrected chi connectivity index (χ3v) is 3.72. The zero-order chi connectivity index (χ0) is 18.7. The maximum absolute atomic E-state index is 12.5. The fourth-order valence-electron chi connectivity index (χ4n) is 2.33. The van der Waals surface area contributed by atoms with Crippen LogP contribution in [0.25, 0.3) is 11.4 Å². The number of nitrogens with one attached hydrogen (secondary N) is 1. The number of aromatic nitrogens is 2. The molecule has 1 heterocycles. The number of carbonyl (C=O) groups is 1. The smallest absolute Gasteiger partial charge is 0.346 e. The quantitative estimate of drug-likeness (QED) is 0.754. The van der Waals surface area contributed by atoms with Crippen LogP contribution < -0.4 is 5.32 Å². The molecule has 1 atom stereocenters. The van der Waals surface area contributed by atoms with Gasteiger partial charge in [0.1, 0.15) is 0 Å². The van der Waals surface area contributed by atoms with Gasteiger partial charge < -0.3 is 9.84 Å². The van der Waals surface area contributed by atoms with E-state index >= 15 is 0 Å². The number of carbonyl (C=O) groups excluding carboxylic acids is 1. The summed E-state index contributed by atoms with van der Waals surface area (Å²) in [6, 6.07) is 15.2. The van der Waals surface area contributed by atoms with Crippen molar-refractivity contribution in [3.8, 4) is 11.4 Å². The standard InChI is InChI=1S/C18H14F3N3O2/c1-11(12-5-3-2-4-6-12)22-16(25)14-9-7-13(8-10-14)15-23-17(26-24-15)18(19,20)21/h2-11H,1H3,(H,22,25). The van der Waals surface area contributed by atoms with E-state index in [0.29, 0.717) is 11.1 Å². The van der Waals surface area contributed by atoms with Gasteiger partial charge in [-0.2, -0.15) is 18.2 Å². The van der Waals surface area contributed by atoms with Crippen molar-refractivity contribution in [3.63, 3.8) is 0 Å². The van der Waals surface area contributed by atoms with Crippen LogP contribution in [0.5, 0.6) is 0 Å². The molecule has 1 unspecified atom stereocenters. The molecule has 2 aromatic carbocycles. The van der Waals surface area contributed by atoms with E-state index in [9.17, 15) is 18.0 Å². The average molecular weight is 361 g/mol. The van der Waals surface area contributed by atoms with Crippen LogP contribution in [0.1, 0.15) is 34.8 Å². The van der Waals surface area contributed by atoms with Crippen LogP contribution >= 0.6 is 0 Å². The second-order valence-electron chi connectivity index (χ2n) is 5.60. The normalized spacial score (nSPS) is 12.6. The minimum Gasteiger partial charge on any atom is -0.346 e. The molecule has 0 radical (unpaired) electrons. The lowest BCUT2D eigenvalue weighted by atomic mass is 10.1. The summed E-state index contributed by atoms with van der Waals surface area (Å²) < 4.78 is 41.7. The fourth-order valence-corrected chi connectivity index (χ4v) is 2.33. The van der Waals surface area contributed by atoms with Gasteiger partial charge in [-0.25, -0.2) is 0 Å². The first-order valence-electron chi connectivity index (χ1n) is 7.72. The van der Waals surface area contributed by atoms with Crippen LogP contribution in [0.2, 0.25) is 0 Å². The fraction of sp³-hybridized carbons (Fsp3) is 0.167. The molecular formula is C18H14F3N3O2. The van der Waals surface area contributed by atoms with Gasteiger partial charge in [0, 0.05) is 11.1 Å². The lowest BCUT2D eigenvalue weighted by Gasteiger charge is -2.14. The topological polar surface area (TPSA) is 68.0 Å². The van der Waals surface area contributed by atoms with Crippen LogP contribution in [0.15, 0.2) is 59.1 Å². The van der Waals surface area contributed by atoms with Gasteiger partial charge in [0.15, 0.2) is 0 Å². The Kier molecular flexibility index (Phi) is 4.75. The van der Waals surface area contributed by atoms with E-state index in [4.69, 9.17) is 0 Å². The Hall–Kier alpha value is -3.16. The Labute approximate surface area is 146 Å². The molecule has 0 bridgehead atoms. The number of hydrogen-bond donors (Lipinski definition) is 1. The Balaban J connectivity index is 1.71. The first-order chi connectivity index (χ1) is 12.3. The van der Waals surface area contributed by atoms with Gasteiger partial charge >= 0.3 is 12.1 Å². The molecule has 0 aliphatic heterocycles. The molecule has 8 heteroatoms. The minimum absolute atomic E-state index is 0.185. The van der Waals surface area contributed by atoms with E-state index < -0.39 is 12.1 Å². The van der Waals surface area contributed by atoms with Crippen LogP contribution in [-0.2, 0) is 6.18 Å². The predicted molar refractivity (Wildman–Crippen MR) is 87.1 cm³/mol. The van der Waals surface area contributed by atoms with Crippen molar-refractivity contribution < 1.29 is 22.5 Å². The van der Waals surface area contributed by atoms with Gasteiger partial charge in [-0.15, -0.1) is 0 Å². The number of halogens is 3. The summed E-state index contributed by atoms with van der Waals surface area (Å²) in [4.78, 5) is 15.6. The molecule has 1 aromatic heterocycles. The maximum atomic E-state index is 12.5. The number of rotatable bonds is 4. The number of amides is 1. The molecule has 0 spiro atoms. The number of hydrogen-bond acceptors (Lipinski definition) is 4. The number of benzene rings is 2. The molecule has 1 N–H and O–H groups in total. The second kappa shape index (κ2) is 6.99. The summed E-state index contributed by atoms with van der Waals surface area (Å²) in [6.45, 7) is 1.86. The van der Waals surface area contributed by atoms with Crippen LogP contribution in [0, 0.1) is 0 Å². The zero-order valence-electron chi connectivity index (χ0n) is 13.6. The average Bonchev–Trinajstić information content (AvgIpc) is 3.13. The Bertz CT molecular complexity index is 890. The number of alkyl halides is 3. The zero-order valence-corrected chi connectivity index (χ0v) is 13.6. The predicted octanol–water partition coefficient (Wildman–Crippen LogP) is 4.25. The highest BCUT2D eigenvalue weighted by molar-refractivity contribution is 5.94. The van der Waals surface area contributed by atoms with Gasteiger partial charge in [-0.05, 0) is 24.6 Å². The molecule has 26 heavy (non-hydrogen) atoms. The summed E-state index contributed by atoms with van der Waals surface area (Å²) in [6.07, 6.45) is -4.70. The summed E-state index contributed by atoms with van der Waals surface area (Å²) in [5.41, 5.74) is 1.65. The second-order valence-corrected chi connectivity index (χ2v) is 5.60. The molecule has 0 saturated heterocycles. The highest BCUT2D eigenvalue weighted by Crippen LogP contribution is 2.29. The van der Waals surface area contributed by atoms with Crippen molar-refractivity contribution in [2.24, 2.45) is 0 Å². The van der Waals surface area contributed by atoms with Crippen molar-refractivity contribution in [1.82, 2.24) is 15.5 Å². The first-order valence-corrected chi connectivity index (χ1v) is 7.72. The molecule has 0 aliphatic carbocycles. The highest BCUT2D eigenvalue weighted by Gasteiger charge is 2.38. The van der Waals surface area contributed by atoms with E-state index in [2.05, 4.69) is 20.0 Å². The van der Waals surface area contributed by atoms with Crippen molar-refractivity contribution in [2.75, 3.05) is 0 Å². The Morgan fingerprint density at radius 3 is 2.31 bits per heavy atom. The maximum Gasteiger partial charge on any atom is 0.471 e. The summed E-state index contributed by atoms with van der Waals surface area (Å²) in [7, 11) is 0. The van der Waals surface area contributed by atoms with Crippen LogP contribution in [0.3, 0.4) is 0 Å². The number of nitrogens with zero attached hydrogens (tertiary/aromatic N) is 2. The molecule has 0 saturated carbocycles. The van der Waals surface area contributed by atoms with Gasteiger partial charge in [-0.1, -0.05) is 47.6 Å². The molecule has 134 valence electrons. The summed E-state index contributed by atoms with van der Waals surface area (Å²) in [5.74, 6) is -1.90.